The molecule has 21 heavy (non-hydrogen) atoms. The first-order chi connectivity index (χ1) is 10.1. The molecule has 0 saturated heterocycles. The molecule has 108 valence electrons. The molecule has 2 aromatic rings. The van der Waals surface area contributed by atoms with Crippen molar-refractivity contribution in [2.45, 2.75) is 6.92 Å². The molecule has 2 aromatic carbocycles. The molecule has 5 heteroatoms. The molecule has 0 heterocycles. The topological polar surface area (TPSA) is 55.4 Å². The number of amides is 1. The number of hydrogen-bond donors (Lipinski definition) is 1. The first-order valence-corrected chi connectivity index (χ1v) is 6.34. The van der Waals surface area contributed by atoms with Crippen molar-refractivity contribution in [2.24, 2.45) is 0 Å². The molecule has 4 nitrogen and oxygen atoms in total. The number of ether oxygens (including phenoxy) is 1. The van der Waals surface area contributed by atoms with Crippen LogP contribution in [-0.2, 0) is 4.79 Å². The van der Waals surface area contributed by atoms with Crippen molar-refractivity contribution in [1.29, 1.82) is 0 Å². The first kappa shape index (κ1) is 14.7. The van der Waals surface area contributed by atoms with Crippen LogP contribution in [-0.4, -0.2) is 18.3 Å². The standard InChI is InChI=1S/C16H14FNO3/c1-11(19)14-9-12(17)7-8-15(14)21-10-16(20)18-13-5-3-2-4-6-13/h2-9H,10H2,1H3,(H,18,20). The van der Waals surface area contributed by atoms with E-state index in [1.165, 1.54) is 19.1 Å². The average Bonchev–Trinajstić information content (AvgIpc) is 2.47. The third kappa shape index (κ3) is 4.14. The molecule has 0 aromatic heterocycles. The van der Waals surface area contributed by atoms with Gasteiger partial charge in [0, 0.05) is 5.69 Å². The first-order valence-electron chi connectivity index (χ1n) is 6.34. The molecule has 1 N–H and O–H groups in total. The van der Waals surface area contributed by atoms with Gasteiger partial charge in [-0.15, -0.1) is 0 Å². The minimum Gasteiger partial charge on any atom is -0.483 e. The van der Waals surface area contributed by atoms with E-state index in [1.807, 2.05) is 6.07 Å². The lowest BCUT2D eigenvalue weighted by atomic mass is 10.1. The lowest BCUT2D eigenvalue weighted by Gasteiger charge is -2.10. The van der Waals surface area contributed by atoms with Crippen LogP contribution >= 0.6 is 0 Å². The second-order valence-corrected chi connectivity index (χ2v) is 4.40. The third-order valence-corrected chi connectivity index (χ3v) is 2.74. The summed E-state index contributed by atoms with van der Waals surface area (Å²) < 4.78 is 18.4. The lowest BCUT2D eigenvalue weighted by Crippen LogP contribution is -2.20. The number of Topliss-reactive ketones (excluding diaryl/α,β-unsaturated/α-hetero) is 1. The van der Waals surface area contributed by atoms with Crippen LogP contribution in [0.2, 0.25) is 0 Å². The highest BCUT2D eigenvalue weighted by Gasteiger charge is 2.11. The van der Waals surface area contributed by atoms with Crippen LogP contribution in [0.3, 0.4) is 0 Å². The van der Waals surface area contributed by atoms with Crippen LogP contribution < -0.4 is 10.1 Å². The summed E-state index contributed by atoms with van der Waals surface area (Å²) in [5.41, 5.74) is 0.763. The molecule has 0 unspecified atom stereocenters. The van der Waals surface area contributed by atoms with Gasteiger partial charge in [-0.1, -0.05) is 18.2 Å². The number of ketones is 1. The zero-order valence-electron chi connectivity index (χ0n) is 11.4. The number of carbonyl (C=O) groups is 2. The predicted molar refractivity (Wildman–Crippen MR) is 77.0 cm³/mol. The number of nitrogens with one attached hydrogen (secondary N) is 1. The Balaban J connectivity index is 2.00. The summed E-state index contributed by atoms with van der Waals surface area (Å²) in [6, 6.07) is 12.5. The Morgan fingerprint density at radius 2 is 1.86 bits per heavy atom. The van der Waals surface area contributed by atoms with Gasteiger partial charge < -0.3 is 10.1 Å². The maximum absolute atomic E-state index is 13.1. The minimum atomic E-state index is -0.527. The Labute approximate surface area is 121 Å². The number of rotatable bonds is 5. The minimum absolute atomic E-state index is 0.113. The van der Waals surface area contributed by atoms with Crippen LogP contribution in [0.15, 0.2) is 48.5 Å². The largest absolute Gasteiger partial charge is 0.483 e. The van der Waals surface area contributed by atoms with Crippen LogP contribution in [0.25, 0.3) is 0 Å². The van der Waals surface area contributed by atoms with Crippen molar-refractivity contribution < 1.29 is 18.7 Å². The van der Waals surface area contributed by atoms with Crippen molar-refractivity contribution in [1.82, 2.24) is 0 Å². The van der Waals surface area contributed by atoms with Gasteiger partial charge in [0.05, 0.1) is 5.56 Å². The van der Waals surface area contributed by atoms with Crippen molar-refractivity contribution in [3.63, 3.8) is 0 Å². The Hall–Kier alpha value is -2.69. The molecule has 0 atom stereocenters. The van der Waals surface area contributed by atoms with Crippen molar-refractivity contribution >= 4 is 17.4 Å². The van der Waals surface area contributed by atoms with Crippen molar-refractivity contribution in [3.05, 3.63) is 59.9 Å². The maximum atomic E-state index is 13.1. The van der Waals surface area contributed by atoms with E-state index in [2.05, 4.69) is 5.32 Å². The molecular formula is C16H14FNO3. The van der Waals surface area contributed by atoms with Crippen LogP contribution in [0.5, 0.6) is 5.75 Å². The third-order valence-electron chi connectivity index (χ3n) is 2.74. The monoisotopic (exact) mass is 287 g/mol. The van der Waals surface area contributed by atoms with Gasteiger partial charge in [-0.3, -0.25) is 9.59 Å². The number of carbonyl (C=O) groups excluding carboxylic acids is 2. The molecule has 0 saturated carbocycles. The molecule has 0 bridgehead atoms. The summed E-state index contributed by atoms with van der Waals surface area (Å²) in [6.07, 6.45) is 0. The van der Waals surface area contributed by atoms with E-state index < -0.39 is 5.82 Å². The molecule has 2 rings (SSSR count). The summed E-state index contributed by atoms with van der Waals surface area (Å²) >= 11 is 0. The smallest absolute Gasteiger partial charge is 0.262 e. The van der Waals surface area contributed by atoms with Gasteiger partial charge in [-0.2, -0.15) is 0 Å². The number of halogens is 1. The maximum Gasteiger partial charge on any atom is 0.262 e. The van der Waals surface area contributed by atoms with Gasteiger partial charge in [0.2, 0.25) is 0 Å². The van der Waals surface area contributed by atoms with Crippen molar-refractivity contribution in [3.8, 4) is 5.75 Å². The fourth-order valence-corrected chi connectivity index (χ4v) is 1.77. The average molecular weight is 287 g/mol. The van der Waals surface area contributed by atoms with E-state index in [9.17, 15) is 14.0 Å². The molecule has 0 aliphatic heterocycles. The Morgan fingerprint density at radius 1 is 1.14 bits per heavy atom. The fraction of sp³-hybridized carbons (Fsp3) is 0.125. The summed E-state index contributed by atoms with van der Waals surface area (Å²) in [5, 5.41) is 2.65. The highest BCUT2D eigenvalue weighted by atomic mass is 19.1. The zero-order chi connectivity index (χ0) is 15.2. The highest BCUT2D eigenvalue weighted by molar-refractivity contribution is 5.97. The normalized spacial score (nSPS) is 10.0. The molecule has 1 amide bonds. The molecule has 0 radical (unpaired) electrons. The van der Waals surface area contributed by atoms with Crippen molar-refractivity contribution in [2.75, 3.05) is 11.9 Å². The van der Waals surface area contributed by atoms with E-state index >= 15 is 0 Å². The Kier molecular flexibility index (Phi) is 4.66. The predicted octanol–water partition coefficient (Wildman–Crippen LogP) is 3.05. The summed E-state index contributed by atoms with van der Waals surface area (Å²) in [4.78, 5) is 23.1. The van der Waals surface area contributed by atoms with Gasteiger partial charge in [-0.25, -0.2) is 4.39 Å². The van der Waals surface area contributed by atoms with Crippen LogP contribution in [0.1, 0.15) is 17.3 Å². The SMILES string of the molecule is CC(=O)c1cc(F)ccc1OCC(=O)Nc1ccccc1. The molecule has 0 spiro atoms. The van der Waals surface area contributed by atoms with Gasteiger partial charge in [0.15, 0.2) is 12.4 Å². The number of anilines is 1. The lowest BCUT2D eigenvalue weighted by molar-refractivity contribution is -0.118. The van der Waals surface area contributed by atoms with Crippen LogP contribution in [0, 0.1) is 5.82 Å². The Bertz CT molecular complexity index is 656. The Morgan fingerprint density at radius 3 is 2.52 bits per heavy atom. The van der Waals surface area contributed by atoms with E-state index in [-0.39, 0.29) is 29.6 Å². The second kappa shape index (κ2) is 6.65. The number of para-hydroxylation sites is 1. The number of hydrogen-bond acceptors (Lipinski definition) is 3. The second-order valence-electron chi connectivity index (χ2n) is 4.40. The van der Waals surface area contributed by atoms with E-state index in [1.54, 1.807) is 24.3 Å². The summed E-state index contributed by atoms with van der Waals surface area (Å²) in [7, 11) is 0. The number of benzene rings is 2. The summed E-state index contributed by atoms with van der Waals surface area (Å²) in [6.45, 7) is 1.05. The van der Waals surface area contributed by atoms with E-state index in [0.717, 1.165) is 6.07 Å². The van der Waals surface area contributed by atoms with Gasteiger partial charge >= 0.3 is 0 Å². The molecular weight excluding hydrogens is 273 g/mol. The van der Waals surface area contributed by atoms with Crippen LogP contribution in [0.4, 0.5) is 10.1 Å². The van der Waals surface area contributed by atoms with E-state index in [4.69, 9.17) is 4.74 Å². The quantitative estimate of drug-likeness (QED) is 0.860. The van der Waals surface area contributed by atoms with Gasteiger partial charge in [0.25, 0.3) is 5.91 Å². The van der Waals surface area contributed by atoms with Gasteiger partial charge in [0.1, 0.15) is 11.6 Å². The van der Waals surface area contributed by atoms with E-state index in [0.29, 0.717) is 5.69 Å². The van der Waals surface area contributed by atoms with Gasteiger partial charge in [-0.05, 0) is 37.3 Å². The molecule has 0 aliphatic carbocycles. The molecule has 0 fully saturated rings. The fourth-order valence-electron chi connectivity index (χ4n) is 1.77. The summed E-state index contributed by atoms with van der Waals surface area (Å²) in [5.74, 6) is -1.03. The highest BCUT2D eigenvalue weighted by Crippen LogP contribution is 2.20. The molecule has 0 aliphatic rings. The zero-order valence-corrected chi connectivity index (χ0v) is 11.4.